The maximum atomic E-state index is 10.7. The summed E-state index contributed by atoms with van der Waals surface area (Å²) in [6, 6.07) is 8.80. The highest BCUT2D eigenvalue weighted by Crippen LogP contribution is 2.24. The van der Waals surface area contributed by atoms with Gasteiger partial charge >= 0.3 is 0 Å². The number of anilines is 1. The number of non-ortho nitro benzene ring substituents is 1. The lowest BCUT2D eigenvalue weighted by molar-refractivity contribution is -0.384. The first-order valence-corrected chi connectivity index (χ1v) is 6.43. The van der Waals surface area contributed by atoms with E-state index in [1.165, 1.54) is 6.07 Å². The lowest BCUT2D eigenvalue weighted by Crippen LogP contribution is -2.13. The Bertz CT molecular complexity index is 588. The molecule has 0 spiro atoms. The number of nitro groups is 1. The van der Waals surface area contributed by atoms with E-state index in [9.17, 15) is 10.1 Å². The summed E-state index contributed by atoms with van der Waals surface area (Å²) in [6.07, 6.45) is 0. The normalized spacial score (nSPS) is 10.4. The smallest absolute Gasteiger partial charge is 0.270 e. The molecule has 0 aliphatic heterocycles. The molecule has 2 rings (SSSR count). The Balaban J connectivity index is 2.33. The molecule has 0 amide bonds. The minimum Gasteiger partial charge on any atom is -0.293 e. The fraction of sp³-hybridized carbons (Fsp3) is 0.167. The van der Waals surface area contributed by atoms with Crippen molar-refractivity contribution < 1.29 is 4.92 Å². The van der Waals surface area contributed by atoms with Crippen molar-refractivity contribution in [3.63, 3.8) is 0 Å². The molecule has 94 valence electrons. The molecule has 0 aliphatic carbocycles. The largest absolute Gasteiger partial charge is 0.293 e. The fourth-order valence-electron chi connectivity index (χ4n) is 1.67. The molecule has 6 heteroatoms. The lowest BCUT2D eigenvalue weighted by atomic mass is 10.3. The number of halogens is 1. The Morgan fingerprint density at radius 3 is 2.33 bits per heavy atom. The fourth-order valence-corrected chi connectivity index (χ4v) is 2.29. The molecule has 1 aromatic carbocycles. The predicted molar refractivity (Wildman–Crippen MR) is 78.7 cm³/mol. The van der Waals surface area contributed by atoms with E-state index >= 15 is 0 Å². The van der Waals surface area contributed by atoms with Crippen molar-refractivity contribution in [3.8, 4) is 0 Å². The first-order valence-electron chi connectivity index (χ1n) is 5.35. The molecule has 0 unspecified atom stereocenters. The van der Waals surface area contributed by atoms with Gasteiger partial charge in [0.2, 0.25) is 0 Å². The van der Waals surface area contributed by atoms with Crippen LogP contribution < -0.4 is 5.43 Å². The minimum absolute atomic E-state index is 0.103. The number of aromatic nitrogens is 1. The summed E-state index contributed by atoms with van der Waals surface area (Å²) < 4.78 is 2.76. The van der Waals surface area contributed by atoms with Crippen LogP contribution in [0.3, 0.4) is 0 Å². The van der Waals surface area contributed by atoms with Crippen molar-refractivity contribution in [1.29, 1.82) is 0 Å². The number of aryl methyl sites for hydroxylation is 2. The van der Waals surface area contributed by atoms with Gasteiger partial charge in [-0.25, -0.2) is 0 Å². The van der Waals surface area contributed by atoms with Gasteiger partial charge in [-0.3, -0.25) is 20.2 Å². The van der Waals surface area contributed by atoms with Crippen LogP contribution in [-0.2, 0) is 0 Å². The predicted octanol–water partition coefficient (Wildman–Crippen LogP) is 3.49. The van der Waals surface area contributed by atoms with Crippen LogP contribution in [0.2, 0.25) is 0 Å². The second-order valence-electron chi connectivity index (χ2n) is 3.98. The van der Waals surface area contributed by atoms with Gasteiger partial charge < -0.3 is 0 Å². The third-order valence-electron chi connectivity index (χ3n) is 2.67. The van der Waals surface area contributed by atoms with Crippen LogP contribution in [0.15, 0.2) is 30.3 Å². The van der Waals surface area contributed by atoms with E-state index in [2.05, 4.69) is 28.0 Å². The minimum atomic E-state index is -0.391. The van der Waals surface area contributed by atoms with Crippen molar-refractivity contribution in [1.82, 2.24) is 4.68 Å². The Labute approximate surface area is 118 Å². The molecule has 1 aromatic heterocycles. The summed E-state index contributed by atoms with van der Waals surface area (Å²) in [5.74, 6) is 0. The van der Waals surface area contributed by atoms with Gasteiger partial charge in [-0.1, -0.05) is 0 Å². The number of nitro benzene ring substituents is 1. The average Bonchev–Trinajstić information content (AvgIpc) is 2.63. The summed E-state index contributed by atoms with van der Waals surface area (Å²) >= 11 is 2.09. The Kier molecular flexibility index (Phi) is 3.55. The number of nitrogens with one attached hydrogen (secondary N) is 1. The quantitative estimate of drug-likeness (QED) is 0.520. The summed E-state index contributed by atoms with van der Waals surface area (Å²) in [5, 5.41) is 10.7. The molecule has 0 saturated heterocycles. The van der Waals surface area contributed by atoms with Crippen LogP contribution >= 0.6 is 22.6 Å². The maximum Gasteiger partial charge on any atom is 0.270 e. The number of rotatable bonds is 3. The van der Waals surface area contributed by atoms with E-state index in [0.717, 1.165) is 20.6 Å². The SMILES string of the molecule is Cc1ccc(C)n1Nc1ccc([N+](=O)[O-])cc1I. The lowest BCUT2D eigenvalue weighted by Gasteiger charge is -2.13. The number of nitrogens with zero attached hydrogens (tertiary/aromatic N) is 2. The zero-order chi connectivity index (χ0) is 13.3. The highest BCUT2D eigenvalue weighted by molar-refractivity contribution is 14.1. The maximum absolute atomic E-state index is 10.7. The van der Waals surface area contributed by atoms with Crippen LogP contribution in [0.5, 0.6) is 0 Å². The highest BCUT2D eigenvalue weighted by Gasteiger charge is 2.10. The molecule has 2 aromatic rings. The van der Waals surface area contributed by atoms with Crippen molar-refractivity contribution in [2.75, 3.05) is 5.43 Å². The molecule has 0 radical (unpaired) electrons. The van der Waals surface area contributed by atoms with Gasteiger partial charge in [-0.05, 0) is 54.6 Å². The molecule has 0 bridgehead atoms. The molecule has 5 nitrogen and oxygen atoms in total. The molecule has 0 aliphatic rings. The standard InChI is InChI=1S/C12H12IN3O2/c1-8-3-4-9(2)15(8)14-12-6-5-10(16(17)18)7-11(12)13/h3-7,14H,1-2H3. The van der Waals surface area contributed by atoms with Gasteiger partial charge in [0, 0.05) is 27.1 Å². The van der Waals surface area contributed by atoms with Crippen LogP contribution in [0.25, 0.3) is 0 Å². The molecule has 0 saturated carbocycles. The first kappa shape index (κ1) is 12.9. The van der Waals surface area contributed by atoms with Crippen LogP contribution in [0, 0.1) is 27.5 Å². The molecule has 0 fully saturated rings. The van der Waals surface area contributed by atoms with E-state index in [1.54, 1.807) is 12.1 Å². The van der Waals surface area contributed by atoms with Crippen molar-refractivity contribution in [2.24, 2.45) is 0 Å². The van der Waals surface area contributed by atoms with Gasteiger partial charge in [0.05, 0.1) is 10.6 Å². The first-order chi connectivity index (χ1) is 8.49. The zero-order valence-corrected chi connectivity index (χ0v) is 12.1. The molecule has 1 heterocycles. The topological polar surface area (TPSA) is 60.1 Å². The van der Waals surface area contributed by atoms with Crippen molar-refractivity contribution >= 4 is 34.0 Å². The third kappa shape index (κ3) is 2.47. The monoisotopic (exact) mass is 357 g/mol. The summed E-state index contributed by atoms with van der Waals surface area (Å²) in [4.78, 5) is 10.3. The van der Waals surface area contributed by atoms with Crippen molar-refractivity contribution in [3.05, 3.63) is 55.4 Å². The average molecular weight is 357 g/mol. The van der Waals surface area contributed by atoms with E-state index < -0.39 is 4.92 Å². The van der Waals surface area contributed by atoms with E-state index in [1.807, 2.05) is 30.7 Å². The highest BCUT2D eigenvalue weighted by atomic mass is 127. The van der Waals surface area contributed by atoms with Crippen LogP contribution in [0.1, 0.15) is 11.4 Å². The molecule has 18 heavy (non-hydrogen) atoms. The van der Waals surface area contributed by atoms with Gasteiger partial charge in [-0.2, -0.15) is 0 Å². The van der Waals surface area contributed by atoms with Crippen LogP contribution in [-0.4, -0.2) is 9.60 Å². The Morgan fingerprint density at radius 2 is 1.83 bits per heavy atom. The van der Waals surface area contributed by atoms with Crippen molar-refractivity contribution in [2.45, 2.75) is 13.8 Å². The number of benzene rings is 1. The van der Waals surface area contributed by atoms with Gasteiger partial charge in [0.25, 0.3) is 5.69 Å². The molecule has 0 atom stereocenters. The van der Waals surface area contributed by atoms with Gasteiger partial charge in [-0.15, -0.1) is 0 Å². The second-order valence-corrected chi connectivity index (χ2v) is 5.15. The number of hydrogen-bond acceptors (Lipinski definition) is 3. The summed E-state index contributed by atoms with van der Waals surface area (Å²) in [6.45, 7) is 4.00. The molecule has 1 N–H and O–H groups in total. The molecular formula is C12H12IN3O2. The second kappa shape index (κ2) is 4.97. The van der Waals surface area contributed by atoms with E-state index in [-0.39, 0.29) is 5.69 Å². The van der Waals surface area contributed by atoms with E-state index in [4.69, 9.17) is 0 Å². The molecular weight excluding hydrogens is 345 g/mol. The summed E-state index contributed by atoms with van der Waals surface area (Å²) in [5.41, 5.74) is 6.36. The third-order valence-corrected chi connectivity index (χ3v) is 3.56. The van der Waals surface area contributed by atoms with Crippen LogP contribution in [0.4, 0.5) is 11.4 Å². The van der Waals surface area contributed by atoms with Gasteiger partial charge in [0.15, 0.2) is 0 Å². The van der Waals surface area contributed by atoms with Gasteiger partial charge in [0.1, 0.15) is 0 Å². The van der Waals surface area contributed by atoms with E-state index in [0.29, 0.717) is 0 Å². The zero-order valence-electron chi connectivity index (χ0n) is 9.98. The number of hydrogen-bond donors (Lipinski definition) is 1. The Hall–Kier alpha value is -1.57. The Morgan fingerprint density at radius 1 is 1.22 bits per heavy atom. The summed E-state index contributed by atoms with van der Waals surface area (Å²) in [7, 11) is 0.